The Balaban J connectivity index is 1.40. The first-order chi connectivity index (χ1) is 15.6. The Hall–Kier alpha value is -3.68. The summed E-state index contributed by atoms with van der Waals surface area (Å²) >= 11 is 0. The predicted molar refractivity (Wildman–Crippen MR) is 125 cm³/mol. The first-order valence-corrected chi connectivity index (χ1v) is 10.4. The molecule has 8 heteroatoms. The minimum Gasteiger partial charge on any atom is -0.496 e. The van der Waals surface area contributed by atoms with Crippen LogP contribution in [0.2, 0.25) is 0 Å². The summed E-state index contributed by atoms with van der Waals surface area (Å²) in [7, 11) is 4.96. The summed E-state index contributed by atoms with van der Waals surface area (Å²) in [5.41, 5.74) is 2.96. The number of methoxy groups -OCH3 is 2. The number of aromatic nitrogens is 1. The van der Waals surface area contributed by atoms with Crippen molar-refractivity contribution in [2.45, 2.75) is 19.9 Å². The maximum absolute atomic E-state index is 5.81. The second-order valence-electron chi connectivity index (χ2n) is 7.11. The monoisotopic (exact) mass is 438 g/mol. The second kappa shape index (κ2) is 11.6. The SMILES string of the molecule is CN=C(NCCCOc1cc(OC)cc(OC)c1)NCc1coc(-c2ccc(C)cc2)n1. The third-order valence-corrected chi connectivity index (χ3v) is 4.72. The van der Waals surface area contributed by atoms with Crippen LogP contribution in [0.1, 0.15) is 17.7 Å². The maximum Gasteiger partial charge on any atom is 0.226 e. The van der Waals surface area contributed by atoms with Gasteiger partial charge < -0.3 is 29.3 Å². The number of hydrogen-bond donors (Lipinski definition) is 2. The van der Waals surface area contributed by atoms with Gasteiger partial charge in [-0.2, -0.15) is 0 Å². The first kappa shape index (κ1) is 23.0. The second-order valence-corrected chi connectivity index (χ2v) is 7.11. The molecule has 0 radical (unpaired) electrons. The Morgan fingerprint density at radius 2 is 1.69 bits per heavy atom. The Kier molecular flexibility index (Phi) is 8.36. The number of ether oxygens (including phenoxy) is 3. The van der Waals surface area contributed by atoms with Crippen LogP contribution in [0.5, 0.6) is 17.2 Å². The molecule has 0 bridgehead atoms. The molecule has 0 spiro atoms. The van der Waals surface area contributed by atoms with E-state index in [0.29, 0.717) is 48.8 Å². The van der Waals surface area contributed by atoms with Gasteiger partial charge in [0.25, 0.3) is 0 Å². The highest BCUT2D eigenvalue weighted by Crippen LogP contribution is 2.27. The molecule has 0 saturated carbocycles. The number of benzene rings is 2. The van der Waals surface area contributed by atoms with Gasteiger partial charge >= 0.3 is 0 Å². The zero-order valence-corrected chi connectivity index (χ0v) is 19.0. The number of oxazole rings is 1. The van der Waals surface area contributed by atoms with Crippen LogP contribution in [0.25, 0.3) is 11.5 Å². The largest absolute Gasteiger partial charge is 0.496 e. The number of guanidine groups is 1. The summed E-state index contributed by atoms with van der Waals surface area (Å²) in [6.45, 7) is 3.81. The van der Waals surface area contributed by atoms with Crippen LogP contribution >= 0.6 is 0 Å². The minimum atomic E-state index is 0.509. The van der Waals surface area contributed by atoms with Crippen molar-refractivity contribution < 1.29 is 18.6 Å². The normalized spacial score (nSPS) is 11.2. The fraction of sp³-hybridized carbons (Fsp3) is 0.333. The summed E-state index contributed by atoms with van der Waals surface area (Å²) in [6, 6.07) is 13.6. The van der Waals surface area contributed by atoms with Gasteiger partial charge in [0.15, 0.2) is 5.96 Å². The van der Waals surface area contributed by atoms with Crippen LogP contribution < -0.4 is 24.8 Å². The standard InChI is InChI=1S/C24H30N4O4/c1-17-6-8-18(9-7-17)23-28-19(16-32-23)15-27-24(25-2)26-10-5-11-31-22-13-20(29-3)12-21(14-22)30-4/h6-9,12-14,16H,5,10-11,15H2,1-4H3,(H2,25,26,27). The van der Waals surface area contributed by atoms with E-state index in [1.807, 2.05) is 42.5 Å². The van der Waals surface area contributed by atoms with Crippen molar-refractivity contribution >= 4 is 5.96 Å². The van der Waals surface area contributed by atoms with Crippen LogP contribution in [0.15, 0.2) is 58.1 Å². The molecule has 0 saturated heterocycles. The van der Waals surface area contributed by atoms with E-state index in [9.17, 15) is 0 Å². The highest BCUT2D eigenvalue weighted by molar-refractivity contribution is 5.79. The average molecular weight is 439 g/mol. The molecule has 3 rings (SSSR count). The van der Waals surface area contributed by atoms with Crippen molar-refractivity contribution in [3.05, 3.63) is 60.0 Å². The maximum atomic E-state index is 5.81. The van der Waals surface area contributed by atoms with E-state index in [-0.39, 0.29) is 0 Å². The number of nitrogens with zero attached hydrogens (tertiary/aromatic N) is 2. The fourth-order valence-electron chi connectivity index (χ4n) is 2.95. The summed E-state index contributed by atoms with van der Waals surface area (Å²) in [5, 5.41) is 6.51. The molecule has 0 unspecified atom stereocenters. The van der Waals surface area contributed by atoms with Gasteiger partial charge in [-0.05, 0) is 25.5 Å². The van der Waals surface area contributed by atoms with Crippen molar-refractivity contribution in [2.75, 3.05) is 34.4 Å². The smallest absolute Gasteiger partial charge is 0.226 e. The number of rotatable bonds is 10. The van der Waals surface area contributed by atoms with Gasteiger partial charge in [-0.3, -0.25) is 4.99 Å². The molecule has 0 aliphatic rings. The van der Waals surface area contributed by atoms with Crippen molar-refractivity contribution in [3.8, 4) is 28.7 Å². The van der Waals surface area contributed by atoms with Crippen molar-refractivity contribution in [1.82, 2.24) is 15.6 Å². The van der Waals surface area contributed by atoms with Crippen molar-refractivity contribution in [2.24, 2.45) is 4.99 Å². The summed E-state index contributed by atoms with van der Waals surface area (Å²) < 4.78 is 21.9. The van der Waals surface area contributed by atoms with E-state index in [4.69, 9.17) is 18.6 Å². The minimum absolute atomic E-state index is 0.509. The van der Waals surface area contributed by atoms with E-state index < -0.39 is 0 Å². The van der Waals surface area contributed by atoms with Gasteiger partial charge in [0.2, 0.25) is 5.89 Å². The van der Waals surface area contributed by atoms with Crippen molar-refractivity contribution in [3.63, 3.8) is 0 Å². The van der Waals surface area contributed by atoms with Gasteiger partial charge in [0.1, 0.15) is 23.5 Å². The molecular formula is C24H30N4O4. The van der Waals surface area contributed by atoms with Gasteiger partial charge in [-0.15, -0.1) is 0 Å². The molecule has 0 atom stereocenters. The van der Waals surface area contributed by atoms with Crippen LogP contribution in [0.3, 0.4) is 0 Å². The molecule has 0 aliphatic carbocycles. The van der Waals surface area contributed by atoms with Gasteiger partial charge in [-0.25, -0.2) is 4.98 Å². The highest BCUT2D eigenvalue weighted by Gasteiger charge is 2.07. The molecule has 0 amide bonds. The molecule has 2 aromatic carbocycles. The van der Waals surface area contributed by atoms with Crippen LogP contribution in [-0.4, -0.2) is 45.4 Å². The first-order valence-electron chi connectivity index (χ1n) is 10.4. The van der Waals surface area contributed by atoms with E-state index >= 15 is 0 Å². The van der Waals surface area contributed by atoms with Gasteiger partial charge in [0.05, 0.1) is 33.1 Å². The molecule has 1 heterocycles. The van der Waals surface area contributed by atoms with E-state index in [2.05, 4.69) is 27.5 Å². The number of aryl methyl sites for hydroxylation is 1. The molecule has 2 N–H and O–H groups in total. The Bertz CT molecular complexity index is 993. The quantitative estimate of drug-likeness (QED) is 0.283. The van der Waals surface area contributed by atoms with Gasteiger partial charge in [0, 0.05) is 37.4 Å². The summed E-state index contributed by atoms with van der Waals surface area (Å²) in [4.78, 5) is 8.78. The van der Waals surface area contributed by atoms with Crippen LogP contribution in [0.4, 0.5) is 0 Å². The number of hydrogen-bond acceptors (Lipinski definition) is 6. The molecule has 3 aromatic rings. The Morgan fingerprint density at radius 3 is 2.34 bits per heavy atom. The molecule has 1 aromatic heterocycles. The topological polar surface area (TPSA) is 90.1 Å². The Labute approximate surface area is 188 Å². The lowest BCUT2D eigenvalue weighted by Gasteiger charge is -2.12. The molecule has 8 nitrogen and oxygen atoms in total. The molecule has 0 aliphatic heterocycles. The van der Waals surface area contributed by atoms with Crippen LogP contribution in [-0.2, 0) is 6.54 Å². The molecular weight excluding hydrogens is 408 g/mol. The molecule has 170 valence electrons. The highest BCUT2D eigenvalue weighted by atomic mass is 16.5. The number of aliphatic imine (C=N–C) groups is 1. The lowest BCUT2D eigenvalue weighted by atomic mass is 10.1. The number of nitrogens with one attached hydrogen (secondary N) is 2. The Morgan fingerprint density at radius 1 is 1.00 bits per heavy atom. The molecule has 32 heavy (non-hydrogen) atoms. The zero-order chi connectivity index (χ0) is 22.8. The van der Waals surface area contributed by atoms with E-state index in [1.165, 1.54) is 5.56 Å². The third kappa shape index (κ3) is 6.66. The molecule has 0 fully saturated rings. The van der Waals surface area contributed by atoms with Gasteiger partial charge in [-0.1, -0.05) is 17.7 Å². The lowest BCUT2D eigenvalue weighted by molar-refractivity contribution is 0.305. The van der Waals surface area contributed by atoms with Crippen LogP contribution in [0, 0.1) is 6.92 Å². The summed E-state index contributed by atoms with van der Waals surface area (Å²) in [6.07, 6.45) is 2.45. The van der Waals surface area contributed by atoms with E-state index in [0.717, 1.165) is 17.7 Å². The predicted octanol–water partition coefficient (Wildman–Crippen LogP) is 3.80. The summed E-state index contributed by atoms with van der Waals surface area (Å²) in [5.74, 6) is 3.39. The zero-order valence-electron chi connectivity index (χ0n) is 19.0. The van der Waals surface area contributed by atoms with E-state index in [1.54, 1.807) is 27.5 Å². The average Bonchev–Trinajstić information content (AvgIpc) is 3.30. The fourth-order valence-corrected chi connectivity index (χ4v) is 2.95. The van der Waals surface area contributed by atoms with Crippen molar-refractivity contribution in [1.29, 1.82) is 0 Å². The lowest BCUT2D eigenvalue weighted by Crippen LogP contribution is -2.37. The third-order valence-electron chi connectivity index (χ3n) is 4.72.